The number of nitrogens with zero attached hydrogens (tertiary/aromatic N) is 2. The van der Waals surface area contributed by atoms with Gasteiger partial charge in [-0.05, 0) is 6.07 Å². The largest absolute Gasteiger partial charge is 0.497 e. The average Bonchev–Trinajstić information content (AvgIpc) is 2.01. The summed E-state index contributed by atoms with van der Waals surface area (Å²) in [5.41, 5.74) is 0. The molecule has 4 nitrogen and oxygen atoms in total. The molecule has 0 radical (unpaired) electrons. The van der Waals surface area contributed by atoms with Gasteiger partial charge in [-0.15, -0.1) is 0 Å². The smallest absolute Gasteiger partial charge is 0.165 e. The zero-order chi connectivity index (χ0) is 9.90. The van der Waals surface area contributed by atoms with Gasteiger partial charge in [0.2, 0.25) is 0 Å². The van der Waals surface area contributed by atoms with Crippen LogP contribution in [-0.4, -0.2) is 28.8 Å². The van der Waals surface area contributed by atoms with Gasteiger partial charge in [0.1, 0.15) is 5.75 Å². The fourth-order valence-corrected chi connectivity index (χ4v) is 1.35. The third-order valence-electron chi connectivity index (χ3n) is 1.27. The molecule has 0 N–H and O–H groups in total. The van der Waals surface area contributed by atoms with Gasteiger partial charge in [-0.25, -0.2) is 9.19 Å². The van der Waals surface area contributed by atoms with E-state index in [-0.39, 0.29) is 0 Å². The molecule has 1 heterocycles. The Morgan fingerprint density at radius 1 is 1.54 bits per heavy atom. The van der Waals surface area contributed by atoms with Crippen LogP contribution in [0.3, 0.4) is 0 Å². The monoisotopic (exact) mass is 200 g/mol. The van der Waals surface area contributed by atoms with E-state index in [4.69, 9.17) is 4.74 Å². The predicted molar refractivity (Wildman–Crippen MR) is 52.9 cm³/mol. The molecule has 0 aliphatic heterocycles. The van der Waals surface area contributed by atoms with Crippen LogP contribution in [0.4, 0.5) is 5.82 Å². The van der Waals surface area contributed by atoms with Gasteiger partial charge in [0.25, 0.3) is 0 Å². The summed E-state index contributed by atoms with van der Waals surface area (Å²) >= 11 is 0. The first-order valence-corrected chi connectivity index (χ1v) is 6.01. The van der Waals surface area contributed by atoms with Crippen molar-refractivity contribution in [1.82, 2.24) is 4.98 Å². The van der Waals surface area contributed by atoms with Crippen LogP contribution in [-0.2, 0) is 9.73 Å². The summed E-state index contributed by atoms with van der Waals surface area (Å²) in [6.45, 7) is 0. The van der Waals surface area contributed by atoms with Crippen LogP contribution >= 0.6 is 0 Å². The van der Waals surface area contributed by atoms with Crippen LogP contribution < -0.4 is 4.74 Å². The lowest BCUT2D eigenvalue weighted by molar-refractivity contribution is 0.414. The quantitative estimate of drug-likeness (QED) is 0.726. The van der Waals surface area contributed by atoms with E-state index >= 15 is 0 Å². The Kier molecular flexibility index (Phi) is 2.87. The molecule has 0 aliphatic carbocycles. The highest BCUT2D eigenvalue weighted by Gasteiger charge is 1.96. The first-order valence-electron chi connectivity index (χ1n) is 3.68. The topological polar surface area (TPSA) is 51.6 Å². The lowest BCUT2D eigenvalue weighted by Crippen LogP contribution is -1.90. The van der Waals surface area contributed by atoms with E-state index in [1.807, 2.05) is 0 Å². The summed E-state index contributed by atoms with van der Waals surface area (Å²) in [6, 6.07) is 3.36. The van der Waals surface area contributed by atoms with Gasteiger partial charge in [-0.1, -0.05) is 0 Å². The van der Waals surface area contributed by atoms with Crippen LogP contribution in [0.2, 0.25) is 0 Å². The van der Waals surface area contributed by atoms with E-state index in [9.17, 15) is 4.21 Å². The minimum Gasteiger partial charge on any atom is -0.497 e. The van der Waals surface area contributed by atoms with Gasteiger partial charge in [-0.3, -0.25) is 0 Å². The molecule has 0 aliphatic rings. The molecule has 0 saturated heterocycles. The zero-order valence-corrected chi connectivity index (χ0v) is 8.67. The summed E-state index contributed by atoms with van der Waals surface area (Å²) in [5, 5.41) is 0. The second kappa shape index (κ2) is 3.74. The van der Waals surface area contributed by atoms with E-state index in [1.165, 1.54) is 0 Å². The second-order valence-electron chi connectivity index (χ2n) is 2.83. The molecule has 1 aromatic rings. The summed E-state index contributed by atoms with van der Waals surface area (Å²) in [5.74, 6) is 1.10. The lowest BCUT2D eigenvalue weighted by atomic mass is 10.4. The van der Waals surface area contributed by atoms with Crippen molar-refractivity contribution in [2.45, 2.75) is 0 Å². The number of hydrogen-bond donors (Lipinski definition) is 0. The fraction of sp³-hybridized carbons (Fsp3) is 0.375. The van der Waals surface area contributed by atoms with E-state index < -0.39 is 9.73 Å². The zero-order valence-electron chi connectivity index (χ0n) is 7.85. The Hall–Kier alpha value is -1.10. The molecular formula is C8H12N2O2S. The third kappa shape index (κ3) is 3.42. The number of rotatable bonds is 2. The van der Waals surface area contributed by atoms with E-state index in [2.05, 4.69) is 9.35 Å². The van der Waals surface area contributed by atoms with Crippen molar-refractivity contribution in [3.05, 3.63) is 18.3 Å². The highest BCUT2D eigenvalue weighted by molar-refractivity contribution is 7.92. The normalized spacial score (nSPS) is 11.0. The van der Waals surface area contributed by atoms with Crippen LogP contribution in [0.15, 0.2) is 22.7 Å². The van der Waals surface area contributed by atoms with Crippen molar-refractivity contribution in [2.24, 2.45) is 4.36 Å². The van der Waals surface area contributed by atoms with E-state index in [0.29, 0.717) is 11.6 Å². The number of ether oxygens (including phenoxy) is 1. The first-order chi connectivity index (χ1) is 6.01. The van der Waals surface area contributed by atoms with Crippen LogP contribution in [0.5, 0.6) is 5.75 Å². The molecule has 0 fully saturated rings. The van der Waals surface area contributed by atoms with Crippen LogP contribution in [0.25, 0.3) is 0 Å². The van der Waals surface area contributed by atoms with Gasteiger partial charge in [0.05, 0.1) is 7.11 Å². The van der Waals surface area contributed by atoms with Crippen molar-refractivity contribution in [3.63, 3.8) is 0 Å². The van der Waals surface area contributed by atoms with Gasteiger partial charge in [-0.2, -0.15) is 4.36 Å². The molecule has 0 saturated carbocycles. The average molecular weight is 200 g/mol. The first kappa shape index (κ1) is 9.98. The summed E-state index contributed by atoms with van der Waals surface area (Å²) in [6.07, 6.45) is 4.70. The standard InChI is InChI=1S/C8H12N2O2S/c1-12-7-4-5-9-8(6-7)10-13(2,3)11/h4-6H,1-3H3. The lowest BCUT2D eigenvalue weighted by Gasteiger charge is -1.99. The van der Waals surface area contributed by atoms with Crippen molar-refractivity contribution in [3.8, 4) is 5.75 Å². The third-order valence-corrected chi connectivity index (χ3v) is 1.89. The van der Waals surface area contributed by atoms with Crippen molar-refractivity contribution < 1.29 is 8.95 Å². The molecule has 0 atom stereocenters. The molecule has 0 aromatic carbocycles. The van der Waals surface area contributed by atoms with Gasteiger partial charge < -0.3 is 4.74 Å². The Bertz CT molecular complexity index is 400. The molecule has 5 heteroatoms. The molecule has 0 bridgehead atoms. The maximum atomic E-state index is 11.3. The SMILES string of the molecule is COc1ccnc(N=S(C)(C)=O)c1. The maximum Gasteiger partial charge on any atom is 0.165 e. The molecular weight excluding hydrogens is 188 g/mol. The van der Waals surface area contributed by atoms with Crippen molar-refractivity contribution in [2.75, 3.05) is 19.6 Å². The molecule has 0 amide bonds. The number of aromatic nitrogens is 1. The van der Waals surface area contributed by atoms with E-state index in [1.54, 1.807) is 38.0 Å². The fourth-order valence-electron chi connectivity index (χ4n) is 0.802. The predicted octanol–water partition coefficient (Wildman–Crippen LogP) is 1.45. The number of methoxy groups -OCH3 is 1. The molecule has 0 spiro atoms. The Labute approximate surface area is 78.1 Å². The van der Waals surface area contributed by atoms with Gasteiger partial charge >= 0.3 is 0 Å². The Morgan fingerprint density at radius 2 is 2.23 bits per heavy atom. The molecule has 72 valence electrons. The minimum absolute atomic E-state index is 0.439. The van der Waals surface area contributed by atoms with Crippen molar-refractivity contribution >= 4 is 15.5 Å². The van der Waals surface area contributed by atoms with Gasteiger partial charge in [0, 0.05) is 34.5 Å². The van der Waals surface area contributed by atoms with Crippen molar-refractivity contribution in [1.29, 1.82) is 0 Å². The highest BCUT2D eigenvalue weighted by Crippen LogP contribution is 2.17. The number of hydrogen-bond acceptors (Lipinski definition) is 4. The number of pyridine rings is 1. The Balaban J connectivity index is 3.11. The van der Waals surface area contributed by atoms with Crippen LogP contribution in [0.1, 0.15) is 0 Å². The molecule has 1 aromatic heterocycles. The second-order valence-corrected chi connectivity index (χ2v) is 5.37. The van der Waals surface area contributed by atoms with E-state index in [0.717, 1.165) is 0 Å². The molecule has 0 unspecified atom stereocenters. The minimum atomic E-state index is -2.15. The maximum absolute atomic E-state index is 11.3. The summed E-state index contributed by atoms with van der Waals surface area (Å²) < 4.78 is 20.2. The summed E-state index contributed by atoms with van der Waals surface area (Å²) in [4.78, 5) is 3.95. The van der Waals surface area contributed by atoms with Gasteiger partial charge in [0.15, 0.2) is 5.82 Å². The molecule has 1 rings (SSSR count). The highest BCUT2D eigenvalue weighted by atomic mass is 32.2. The Morgan fingerprint density at radius 3 is 2.77 bits per heavy atom. The molecule has 13 heavy (non-hydrogen) atoms. The van der Waals surface area contributed by atoms with Crippen LogP contribution in [0, 0.1) is 0 Å². The summed E-state index contributed by atoms with van der Waals surface area (Å²) in [7, 11) is -0.581.